The number of carbonyl (C=O) groups is 1. The minimum Gasteiger partial charge on any atom is -0.481 e. The molecule has 110 valence electrons. The van der Waals surface area contributed by atoms with Gasteiger partial charge < -0.3 is 5.11 Å². The Balaban J connectivity index is 2.44. The molecule has 0 fully saturated rings. The van der Waals surface area contributed by atoms with E-state index < -0.39 is 10.7 Å². The van der Waals surface area contributed by atoms with Gasteiger partial charge in [-0.2, -0.15) is 0 Å². The van der Waals surface area contributed by atoms with Gasteiger partial charge in [0, 0.05) is 4.90 Å². The van der Waals surface area contributed by atoms with Crippen LogP contribution in [0.1, 0.15) is 31.4 Å². The number of hydrogen-bond acceptors (Lipinski definition) is 5. The molecule has 0 saturated carbocycles. The highest BCUT2D eigenvalue weighted by Crippen LogP contribution is 2.45. The molecule has 0 amide bonds. The molecule has 1 atom stereocenters. The number of carboxylic acids is 1. The molecule has 6 heteroatoms. The quantitative estimate of drug-likeness (QED) is 0.827. The number of benzene rings is 1. The van der Waals surface area contributed by atoms with Crippen LogP contribution < -0.4 is 0 Å². The Kier molecular flexibility index (Phi) is 4.90. The fourth-order valence-electron chi connectivity index (χ4n) is 2.07. The number of rotatable bonds is 6. The van der Waals surface area contributed by atoms with Gasteiger partial charge in [-0.25, -0.2) is 15.0 Å². The second-order valence-corrected chi connectivity index (χ2v) is 6.15. The molecule has 1 aromatic heterocycles. The SMILES string of the molecule is CCC(CC(=O)O)(Sc1ccccc1)c1ncnc(C)n1. The van der Waals surface area contributed by atoms with Crippen LogP contribution in [0.4, 0.5) is 0 Å². The molecule has 0 aliphatic carbocycles. The van der Waals surface area contributed by atoms with Gasteiger partial charge >= 0.3 is 5.97 Å². The molecule has 0 saturated heterocycles. The highest BCUT2D eigenvalue weighted by atomic mass is 32.2. The van der Waals surface area contributed by atoms with Gasteiger partial charge in [-0.3, -0.25) is 4.79 Å². The number of aryl methyl sites for hydroxylation is 1. The molecule has 0 radical (unpaired) electrons. The number of hydrogen-bond donors (Lipinski definition) is 1. The van der Waals surface area contributed by atoms with E-state index in [0.29, 0.717) is 18.1 Å². The largest absolute Gasteiger partial charge is 0.481 e. The molecule has 21 heavy (non-hydrogen) atoms. The van der Waals surface area contributed by atoms with Crippen LogP contribution in [0.25, 0.3) is 0 Å². The van der Waals surface area contributed by atoms with Crippen LogP contribution in [-0.2, 0) is 9.54 Å². The van der Waals surface area contributed by atoms with Crippen molar-refractivity contribution >= 4 is 17.7 Å². The Morgan fingerprint density at radius 1 is 1.29 bits per heavy atom. The Labute approximate surface area is 127 Å². The first-order valence-electron chi connectivity index (χ1n) is 6.68. The third-order valence-electron chi connectivity index (χ3n) is 3.16. The average molecular weight is 303 g/mol. The molecular formula is C15H17N3O2S. The van der Waals surface area contributed by atoms with E-state index in [1.165, 1.54) is 18.1 Å². The summed E-state index contributed by atoms with van der Waals surface area (Å²) in [5, 5.41) is 9.30. The maximum atomic E-state index is 11.3. The fraction of sp³-hybridized carbons (Fsp3) is 0.333. The van der Waals surface area contributed by atoms with Crippen LogP contribution in [0.5, 0.6) is 0 Å². The van der Waals surface area contributed by atoms with Crippen LogP contribution in [-0.4, -0.2) is 26.0 Å². The first kappa shape index (κ1) is 15.4. The van der Waals surface area contributed by atoms with E-state index in [1.807, 2.05) is 37.3 Å². The molecule has 0 aliphatic heterocycles. The summed E-state index contributed by atoms with van der Waals surface area (Å²) in [6, 6.07) is 9.72. The molecule has 1 heterocycles. The highest BCUT2D eigenvalue weighted by molar-refractivity contribution is 8.00. The van der Waals surface area contributed by atoms with Crippen LogP contribution >= 0.6 is 11.8 Å². The molecule has 0 bridgehead atoms. The summed E-state index contributed by atoms with van der Waals surface area (Å²) >= 11 is 1.49. The number of aliphatic carboxylic acids is 1. The first-order chi connectivity index (χ1) is 10.1. The second-order valence-electron chi connectivity index (χ2n) is 4.69. The van der Waals surface area contributed by atoms with Gasteiger partial charge in [-0.05, 0) is 25.5 Å². The summed E-state index contributed by atoms with van der Waals surface area (Å²) in [5.74, 6) is 0.254. The molecule has 5 nitrogen and oxygen atoms in total. The van der Waals surface area contributed by atoms with Crippen LogP contribution in [0.3, 0.4) is 0 Å². The highest BCUT2D eigenvalue weighted by Gasteiger charge is 2.37. The van der Waals surface area contributed by atoms with Crippen LogP contribution in [0.15, 0.2) is 41.6 Å². The predicted octanol–water partition coefficient (Wildman–Crippen LogP) is 3.05. The lowest BCUT2D eigenvalue weighted by Crippen LogP contribution is -2.28. The molecule has 2 aromatic rings. The van der Waals surface area contributed by atoms with E-state index in [1.54, 1.807) is 6.92 Å². The lowest BCUT2D eigenvalue weighted by Gasteiger charge is -2.29. The van der Waals surface area contributed by atoms with Gasteiger partial charge in [0.05, 0.1) is 11.2 Å². The minimum absolute atomic E-state index is 0.0352. The van der Waals surface area contributed by atoms with Crippen LogP contribution in [0.2, 0.25) is 0 Å². The van der Waals surface area contributed by atoms with Gasteiger partial charge in [0.1, 0.15) is 18.0 Å². The van der Waals surface area contributed by atoms with Crippen molar-refractivity contribution < 1.29 is 9.90 Å². The standard InChI is InChI=1S/C15H17N3O2S/c1-3-15(9-13(19)20,14-17-10-16-11(2)18-14)21-12-7-5-4-6-8-12/h4-8,10H,3,9H2,1-2H3,(H,19,20). The normalized spacial score (nSPS) is 13.6. The van der Waals surface area contributed by atoms with E-state index in [9.17, 15) is 9.90 Å². The molecule has 1 N–H and O–H groups in total. The van der Waals surface area contributed by atoms with Crippen molar-refractivity contribution in [3.8, 4) is 0 Å². The van der Waals surface area contributed by atoms with Gasteiger partial charge in [-0.15, -0.1) is 11.8 Å². The molecule has 1 aromatic carbocycles. The summed E-state index contributed by atoms with van der Waals surface area (Å²) in [5.41, 5.74) is 0. The lowest BCUT2D eigenvalue weighted by atomic mass is 10.0. The Hall–Kier alpha value is -1.95. The Bertz CT molecular complexity index is 621. The van der Waals surface area contributed by atoms with Crippen molar-refractivity contribution in [2.24, 2.45) is 0 Å². The van der Waals surface area contributed by atoms with Crippen molar-refractivity contribution in [3.05, 3.63) is 48.3 Å². The second kappa shape index (κ2) is 6.67. The predicted molar refractivity (Wildman–Crippen MR) is 81.1 cm³/mol. The van der Waals surface area contributed by atoms with E-state index in [0.717, 1.165) is 4.90 Å². The van der Waals surface area contributed by atoms with E-state index in [4.69, 9.17) is 0 Å². The van der Waals surface area contributed by atoms with Crippen molar-refractivity contribution in [3.63, 3.8) is 0 Å². The summed E-state index contributed by atoms with van der Waals surface area (Å²) in [6.07, 6.45) is 2.02. The molecule has 0 aliphatic rings. The van der Waals surface area contributed by atoms with Crippen molar-refractivity contribution in [2.45, 2.75) is 36.3 Å². The van der Waals surface area contributed by atoms with Gasteiger partial charge in [-0.1, -0.05) is 25.1 Å². The third kappa shape index (κ3) is 3.78. The number of nitrogens with zero attached hydrogens (tertiary/aromatic N) is 3. The maximum absolute atomic E-state index is 11.3. The first-order valence-corrected chi connectivity index (χ1v) is 7.49. The summed E-state index contributed by atoms with van der Waals surface area (Å²) in [6.45, 7) is 3.73. The van der Waals surface area contributed by atoms with Gasteiger partial charge in [0.15, 0.2) is 0 Å². The number of carboxylic acid groups (broad SMARTS) is 1. The zero-order valence-electron chi connectivity index (χ0n) is 12.0. The van der Waals surface area contributed by atoms with Gasteiger partial charge in [0.2, 0.25) is 0 Å². The number of aromatic nitrogens is 3. The van der Waals surface area contributed by atoms with E-state index in [-0.39, 0.29) is 6.42 Å². The average Bonchev–Trinajstić information content (AvgIpc) is 2.47. The van der Waals surface area contributed by atoms with Crippen LogP contribution in [0, 0.1) is 6.92 Å². The van der Waals surface area contributed by atoms with Crippen molar-refractivity contribution in [1.82, 2.24) is 15.0 Å². The van der Waals surface area contributed by atoms with E-state index >= 15 is 0 Å². The maximum Gasteiger partial charge on any atom is 0.305 e. The Morgan fingerprint density at radius 3 is 2.57 bits per heavy atom. The third-order valence-corrected chi connectivity index (χ3v) is 4.68. The molecule has 0 spiro atoms. The number of thioether (sulfide) groups is 1. The zero-order valence-corrected chi connectivity index (χ0v) is 12.8. The molecule has 1 unspecified atom stereocenters. The fourth-order valence-corrected chi connectivity index (χ4v) is 3.35. The van der Waals surface area contributed by atoms with E-state index in [2.05, 4.69) is 15.0 Å². The monoisotopic (exact) mass is 303 g/mol. The summed E-state index contributed by atoms with van der Waals surface area (Å²) < 4.78 is -0.694. The van der Waals surface area contributed by atoms with Gasteiger partial charge in [0.25, 0.3) is 0 Å². The molecular weight excluding hydrogens is 286 g/mol. The zero-order chi connectivity index (χ0) is 15.3. The topological polar surface area (TPSA) is 76.0 Å². The molecule has 2 rings (SSSR count). The summed E-state index contributed by atoms with van der Waals surface area (Å²) in [4.78, 5) is 24.9. The smallest absolute Gasteiger partial charge is 0.305 e. The summed E-state index contributed by atoms with van der Waals surface area (Å²) in [7, 11) is 0. The van der Waals surface area contributed by atoms with Crippen molar-refractivity contribution in [1.29, 1.82) is 0 Å². The van der Waals surface area contributed by atoms with Crippen molar-refractivity contribution in [2.75, 3.05) is 0 Å². The Morgan fingerprint density at radius 2 is 2.00 bits per heavy atom. The lowest BCUT2D eigenvalue weighted by molar-refractivity contribution is -0.137. The minimum atomic E-state index is -0.863.